The van der Waals surface area contributed by atoms with E-state index in [1.54, 1.807) is 0 Å². The molecular formula is C11H20N2O3. The zero-order chi connectivity index (χ0) is 11.5. The topological polar surface area (TPSA) is 72.8 Å². The van der Waals surface area contributed by atoms with Crippen LogP contribution >= 0.6 is 0 Å². The molecule has 0 saturated carbocycles. The third-order valence-electron chi connectivity index (χ3n) is 3.63. The molecule has 92 valence electrons. The number of nitrogens with zero attached hydrogens (tertiary/aromatic N) is 1. The van der Waals surface area contributed by atoms with E-state index in [-0.39, 0.29) is 6.42 Å². The zero-order valence-corrected chi connectivity index (χ0v) is 9.43. The van der Waals surface area contributed by atoms with Crippen LogP contribution in [0, 0.1) is 0 Å². The fourth-order valence-corrected chi connectivity index (χ4v) is 2.88. The number of aliphatic hydroxyl groups is 1. The van der Waals surface area contributed by atoms with Crippen LogP contribution in [-0.4, -0.2) is 58.9 Å². The fraction of sp³-hybridized carbons (Fsp3) is 0.909. The molecular weight excluding hydrogens is 208 g/mol. The van der Waals surface area contributed by atoms with E-state index in [9.17, 15) is 9.90 Å². The number of aliphatic hydroxyl groups excluding tert-OH is 1. The average molecular weight is 228 g/mol. The number of hydrogen-bond acceptors (Lipinski definition) is 4. The standard InChI is InChI=1S/C11H20N2O3/c14-8(6-11(15)16)7-12-9-3-5-13-4-1-2-10(9)13/h8-10,12,14H,1-7H2,(H,15,16). The third kappa shape index (κ3) is 2.72. The second-order valence-corrected chi connectivity index (χ2v) is 4.80. The monoisotopic (exact) mass is 228 g/mol. The lowest BCUT2D eigenvalue weighted by Crippen LogP contribution is -2.42. The Balaban J connectivity index is 1.72. The molecule has 2 aliphatic rings. The molecule has 0 aromatic carbocycles. The summed E-state index contributed by atoms with van der Waals surface area (Å²) in [7, 11) is 0. The van der Waals surface area contributed by atoms with Crippen molar-refractivity contribution >= 4 is 5.97 Å². The quantitative estimate of drug-likeness (QED) is 0.600. The number of nitrogens with one attached hydrogen (secondary N) is 1. The SMILES string of the molecule is O=C(O)CC(O)CNC1CCN2CCCC12. The largest absolute Gasteiger partial charge is 0.481 e. The summed E-state index contributed by atoms with van der Waals surface area (Å²) in [6.07, 6.45) is 2.67. The van der Waals surface area contributed by atoms with Crippen LogP contribution < -0.4 is 5.32 Å². The van der Waals surface area contributed by atoms with Gasteiger partial charge in [-0.1, -0.05) is 0 Å². The molecule has 0 bridgehead atoms. The van der Waals surface area contributed by atoms with Crippen LogP contribution in [0.15, 0.2) is 0 Å². The van der Waals surface area contributed by atoms with Crippen molar-refractivity contribution in [1.82, 2.24) is 10.2 Å². The van der Waals surface area contributed by atoms with E-state index in [1.807, 2.05) is 0 Å². The van der Waals surface area contributed by atoms with Gasteiger partial charge in [0.05, 0.1) is 12.5 Å². The van der Waals surface area contributed by atoms with Gasteiger partial charge in [-0.15, -0.1) is 0 Å². The molecule has 2 aliphatic heterocycles. The first-order valence-corrected chi connectivity index (χ1v) is 6.04. The van der Waals surface area contributed by atoms with Gasteiger partial charge in [-0.2, -0.15) is 0 Å². The smallest absolute Gasteiger partial charge is 0.306 e. The second kappa shape index (κ2) is 5.12. The maximum absolute atomic E-state index is 10.4. The van der Waals surface area contributed by atoms with Crippen LogP contribution in [0.2, 0.25) is 0 Å². The summed E-state index contributed by atoms with van der Waals surface area (Å²) >= 11 is 0. The van der Waals surface area contributed by atoms with Crippen LogP contribution in [0.3, 0.4) is 0 Å². The Hall–Kier alpha value is -0.650. The maximum atomic E-state index is 10.4. The van der Waals surface area contributed by atoms with Crippen molar-refractivity contribution in [3.05, 3.63) is 0 Å². The molecule has 16 heavy (non-hydrogen) atoms. The minimum absolute atomic E-state index is 0.173. The number of hydrogen-bond donors (Lipinski definition) is 3. The first-order chi connectivity index (χ1) is 7.66. The summed E-state index contributed by atoms with van der Waals surface area (Å²) in [4.78, 5) is 12.9. The minimum atomic E-state index is -0.941. The summed E-state index contributed by atoms with van der Waals surface area (Å²) in [5, 5.41) is 21.3. The number of carboxylic acid groups (broad SMARTS) is 1. The van der Waals surface area contributed by atoms with Gasteiger partial charge < -0.3 is 15.5 Å². The summed E-state index contributed by atoms with van der Waals surface area (Å²) in [5.41, 5.74) is 0. The highest BCUT2D eigenvalue weighted by Crippen LogP contribution is 2.27. The molecule has 2 fully saturated rings. The predicted molar refractivity (Wildman–Crippen MR) is 59.3 cm³/mol. The molecule has 2 rings (SSSR count). The molecule has 3 atom stereocenters. The van der Waals surface area contributed by atoms with Crippen molar-refractivity contribution in [2.45, 2.75) is 43.9 Å². The molecule has 0 aromatic heterocycles. The highest BCUT2D eigenvalue weighted by atomic mass is 16.4. The minimum Gasteiger partial charge on any atom is -0.481 e. The Kier molecular flexibility index (Phi) is 3.78. The Bertz CT molecular complexity index is 260. The number of rotatable bonds is 5. The van der Waals surface area contributed by atoms with Crippen molar-refractivity contribution < 1.29 is 15.0 Å². The van der Waals surface area contributed by atoms with Gasteiger partial charge in [0.25, 0.3) is 0 Å². The Labute approximate surface area is 95.4 Å². The molecule has 0 radical (unpaired) electrons. The summed E-state index contributed by atoms with van der Waals surface area (Å²) < 4.78 is 0. The van der Waals surface area contributed by atoms with Gasteiger partial charge >= 0.3 is 5.97 Å². The molecule has 5 nitrogen and oxygen atoms in total. The van der Waals surface area contributed by atoms with Crippen LogP contribution in [0.1, 0.15) is 25.7 Å². The average Bonchev–Trinajstić information content (AvgIpc) is 2.75. The molecule has 0 aromatic rings. The summed E-state index contributed by atoms with van der Waals surface area (Å²) in [5.74, 6) is -0.941. The van der Waals surface area contributed by atoms with Crippen molar-refractivity contribution in [1.29, 1.82) is 0 Å². The third-order valence-corrected chi connectivity index (χ3v) is 3.63. The molecule has 0 spiro atoms. The van der Waals surface area contributed by atoms with Gasteiger partial charge in [-0.25, -0.2) is 0 Å². The van der Waals surface area contributed by atoms with Crippen molar-refractivity contribution in [2.24, 2.45) is 0 Å². The van der Waals surface area contributed by atoms with Crippen molar-refractivity contribution in [3.63, 3.8) is 0 Å². The van der Waals surface area contributed by atoms with Gasteiger partial charge in [-0.05, 0) is 25.8 Å². The highest BCUT2D eigenvalue weighted by molar-refractivity contribution is 5.67. The first-order valence-electron chi connectivity index (χ1n) is 6.04. The Morgan fingerprint density at radius 2 is 2.25 bits per heavy atom. The lowest BCUT2D eigenvalue weighted by Gasteiger charge is -2.22. The van der Waals surface area contributed by atoms with Crippen LogP contribution in [0.5, 0.6) is 0 Å². The van der Waals surface area contributed by atoms with Gasteiger partial charge in [0.15, 0.2) is 0 Å². The van der Waals surface area contributed by atoms with Gasteiger partial charge in [0.1, 0.15) is 0 Å². The van der Waals surface area contributed by atoms with Crippen molar-refractivity contribution in [2.75, 3.05) is 19.6 Å². The van der Waals surface area contributed by atoms with E-state index in [4.69, 9.17) is 5.11 Å². The lowest BCUT2D eigenvalue weighted by molar-refractivity contribution is -0.139. The maximum Gasteiger partial charge on any atom is 0.306 e. The van der Waals surface area contributed by atoms with Gasteiger partial charge in [0, 0.05) is 25.2 Å². The molecule has 0 amide bonds. The number of fused-ring (bicyclic) bond motifs is 1. The van der Waals surface area contributed by atoms with Gasteiger partial charge in [0.2, 0.25) is 0 Å². The fourth-order valence-electron chi connectivity index (χ4n) is 2.88. The molecule has 0 aliphatic carbocycles. The van der Waals surface area contributed by atoms with E-state index >= 15 is 0 Å². The van der Waals surface area contributed by atoms with E-state index in [0.29, 0.717) is 18.6 Å². The molecule has 3 unspecified atom stereocenters. The Morgan fingerprint density at radius 1 is 1.44 bits per heavy atom. The first kappa shape index (κ1) is 11.8. The summed E-state index contributed by atoms with van der Waals surface area (Å²) in [6, 6.07) is 1.04. The molecule has 2 heterocycles. The number of carbonyl (C=O) groups is 1. The van der Waals surface area contributed by atoms with E-state index < -0.39 is 12.1 Å². The van der Waals surface area contributed by atoms with E-state index in [0.717, 1.165) is 13.0 Å². The molecule has 2 saturated heterocycles. The summed E-state index contributed by atoms with van der Waals surface area (Å²) in [6.45, 7) is 2.72. The van der Waals surface area contributed by atoms with Gasteiger partial charge in [-0.3, -0.25) is 9.69 Å². The molecule has 5 heteroatoms. The lowest BCUT2D eigenvalue weighted by atomic mass is 10.1. The Morgan fingerprint density at radius 3 is 3.00 bits per heavy atom. The van der Waals surface area contributed by atoms with Crippen molar-refractivity contribution in [3.8, 4) is 0 Å². The van der Waals surface area contributed by atoms with E-state index in [2.05, 4.69) is 10.2 Å². The second-order valence-electron chi connectivity index (χ2n) is 4.80. The predicted octanol–water partition coefficient (Wildman–Crippen LogP) is -0.352. The van der Waals surface area contributed by atoms with Crippen LogP contribution in [-0.2, 0) is 4.79 Å². The van der Waals surface area contributed by atoms with Crippen LogP contribution in [0.25, 0.3) is 0 Å². The highest BCUT2D eigenvalue weighted by Gasteiger charge is 2.36. The normalized spacial score (nSPS) is 31.6. The van der Waals surface area contributed by atoms with E-state index in [1.165, 1.54) is 19.4 Å². The molecule has 3 N–H and O–H groups in total. The number of aliphatic carboxylic acids is 1. The number of carboxylic acids is 1. The zero-order valence-electron chi connectivity index (χ0n) is 9.43. The van der Waals surface area contributed by atoms with Crippen LogP contribution in [0.4, 0.5) is 0 Å².